The number of rotatable bonds is 5. The van der Waals surface area contributed by atoms with Gasteiger partial charge in [0, 0.05) is 22.6 Å². The van der Waals surface area contributed by atoms with Crippen molar-refractivity contribution in [2.75, 3.05) is 0 Å². The average Bonchev–Trinajstić information content (AvgIpc) is 1.98. The molecule has 0 aromatic heterocycles. The normalized spacial score (nSPS) is 18.6. The Labute approximate surface area is 113 Å². The average molecular weight is 387 g/mol. The van der Waals surface area contributed by atoms with Crippen LogP contribution < -0.4 is 5.11 Å². The van der Waals surface area contributed by atoms with Crippen LogP contribution in [0, 0.1) is 5.41 Å². The van der Waals surface area contributed by atoms with E-state index in [0.717, 1.165) is 0 Å². The standard InChI is InChI=1S/C9H12Br2F4O2/c1-7(2,6(16)17)3-5(10)4-8(11,12)9(13,14)15/h5H,3-4H2,1-2H3,(H,16,17)/p-1. The van der Waals surface area contributed by atoms with Gasteiger partial charge in [-0.3, -0.25) is 0 Å². The lowest BCUT2D eigenvalue weighted by Gasteiger charge is -2.31. The molecule has 0 saturated heterocycles. The van der Waals surface area contributed by atoms with Crippen molar-refractivity contribution in [2.24, 2.45) is 5.41 Å². The molecule has 0 rings (SSSR count). The van der Waals surface area contributed by atoms with Crippen LogP contribution in [-0.4, -0.2) is 21.6 Å². The predicted molar refractivity (Wildman–Crippen MR) is 59.6 cm³/mol. The van der Waals surface area contributed by atoms with Crippen LogP contribution in [0.1, 0.15) is 26.7 Å². The SMILES string of the molecule is CC(C)(CC(Br)CC(F)(Br)C(F)(F)F)C(=O)[O-]. The van der Waals surface area contributed by atoms with Gasteiger partial charge in [0.05, 0.1) is 0 Å². The smallest absolute Gasteiger partial charge is 0.432 e. The van der Waals surface area contributed by atoms with Crippen molar-refractivity contribution in [1.29, 1.82) is 0 Å². The maximum Gasteiger partial charge on any atom is 0.432 e. The third-order valence-electron chi connectivity index (χ3n) is 2.18. The number of carboxylic acid groups (broad SMARTS) is 1. The molecule has 0 heterocycles. The Morgan fingerprint density at radius 3 is 1.94 bits per heavy atom. The van der Waals surface area contributed by atoms with Gasteiger partial charge >= 0.3 is 6.18 Å². The van der Waals surface area contributed by atoms with Gasteiger partial charge in [0.2, 0.25) is 0 Å². The fourth-order valence-electron chi connectivity index (χ4n) is 1.10. The van der Waals surface area contributed by atoms with Crippen LogP contribution in [-0.2, 0) is 4.79 Å². The third-order valence-corrected chi connectivity index (χ3v) is 3.60. The molecular weight excluding hydrogens is 376 g/mol. The third kappa shape index (κ3) is 5.11. The number of alkyl halides is 6. The lowest BCUT2D eigenvalue weighted by atomic mass is 9.87. The lowest BCUT2D eigenvalue weighted by molar-refractivity contribution is -0.317. The van der Waals surface area contributed by atoms with Crippen molar-refractivity contribution < 1.29 is 27.5 Å². The molecule has 0 aromatic carbocycles. The predicted octanol–water partition coefficient (Wildman–Crippen LogP) is 2.93. The summed E-state index contributed by atoms with van der Waals surface area (Å²) in [4.78, 5) is 9.72. The van der Waals surface area contributed by atoms with E-state index in [1.165, 1.54) is 13.8 Å². The summed E-state index contributed by atoms with van der Waals surface area (Å²) < 4.78 is 46.3. The van der Waals surface area contributed by atoms with Crippen LogP contribution in [0.3, 0.4) is 0 Å². The first-order valence-electron chi connectivity index (χ1n) is 4.59. The van der Waals surface area contributed by atoms with E-state index >= 15 is 0 Å². The van der Waals surface area contributed by atoms with Crippen LogP contribution in [0.25, 0.3) is 0 Å². The summed E-state index contributed by atoms with van der Waals surface area (Å²) >= 11 is 4.81. The molecule has 0 spiro atoms. The van der Waals surface area contributed by atoms with Gasteiger partial charge < -0.3 is 9.90 Å². The molecular formula is C9H11Br2F4O2-. The Hall–Kier alpha value is 0.150. The zero-order chi connectivity index (χ0) is 14.1. The Morgan fingerprint density at radius 2 is 1.65 bits per heavy atom. The van der Waals surface area contributed by atoms with E-state index < -0.39 is 33.4 Å². The van der Waals surface area contributed by atoms with Crippen LogP contribution in [0.5, 0.6) is 0 Å². The molecule has 0 bridgehead atoms. The topological polar surface area (TPSA) is 40.1 Å². The molecule has 102 valence electrons. The maximum atomic E-state index is 13.2. The summed E-state index contributed by atoms with van der Waals surface area (Å²) in [6.45, 7) is 2.61. The van der Waals surface area contributed by atoms with E-state index in [4.69, 9.17) is 0 Å². The van der Waals surface area contributed by atoms with Crippen molar-refractivity contribution in [3.63, 3.8) is 0 Å². The van der Waals surface area contributed by atoms with Gasteiger partial charge in [-0.1, -0.05) is 29.8 Å². The van der Waals surface area contributed by atoms with Gasteiger partial charge in [0.15, 0.2) is 0 Å². The molecule has 0 aromatic rings. The molecule has 2 unspecified atom stereocenters. The number of aliphatic carboxylic acids is 1. The summed E-state index contributed by atoms with van der Waals surface area (Å²) in [5, 5.41) is 10.7. The lowest BCUT2D eigenvalue weighted by Crippen LogP contribution is -2.42. The van der Waals surface area contributed by atoms with Crippen molar-refractivity contribution in [1.82, 2.24) is 0 Å². The summed E-state index contributed by atoms with van der Waals surface area (Å²) in [5.41, 5.74) is -1.33. The Bertz CT molecular complexity index is 289. The number of carbonyl (C=O) groups is 1. The van der Waals surface area contributed by atoms with E-state index in [1.807, 2.05) is 15.9 Å². The highest BCUT2D eigenvalue weighted by Gasteiger charge is 2.55. The molecule has 17 heavy (non-hydrogen) atoms. The second kappa shape index (κ2) is 5.42. The zero-order valence-electron chi connectivity index (χ0n) is 9.08. The minimum atomic E-state index is -5.05. The molecule has 8 heteroatoms. The first kappa shape index (κ1) is 17.2. The van der Waals surface area contributed by atoms with E-state index in [0.29, 0.717) is 0 Å². The molecule has 0 N–H and O–H groups in total. The second-order valence-electron chi connectivity index (χ2n) is 4.38. The molecule has 0 aliphatic heterocycles. The highest BCUT2D eigenvalue weighted by molar-refractivity contribution is 9.10. The molecule has 0 aliphatic rings. The minimum absolute atomic E-state index is 0.178. The number of hydrogen-bond acceptors (Lipinski definition) is 2. The van der Waals surface area contributed by atoms with Crippen LogP contribution >= 0.6 is 31.9 Å². The summed E-state index contributed by atoms with van der Waals surface area (Å²) in [7, 11) is 0. The zero-order valence-corrected chi connectivity index (χ0v) is 12.2. The number of carboxylic acids is 1. The quantitative estimate of drug-likeness (QED) is 0.538. The Kier molecular flexibility index (Phi) is 5.47. The number of halogens is 6. The Morgan fingerprint density at radius 1 is 1.24 bits per heavy atom. The van der Waals surface area contributed by atoms with Gasteiger partial charge in [-0.15, -0.1) is 0 Å². The van der Waals surface area contributed by atoms with Crippen LogP contribution in [0.2, 0.25) is 0 Å². The minimum Gasteiger partial charge on any atom is -0.550 e. The largest absolute Gasteiger partial charge is 0.550 e. The van der Waals surface area contributed by atoms with E-state index in [1.54, 1.807) is 0 Å². The second-order valence-corrected chi connectivity index (χ2v) is 6.93. The highest BCUT2D eigenvalue weighted by atomic mass is 79.9. The molecule has 2 nitrogen and oxygen atoms in total. The molecule has 0 radical (unpaired) electrons. The number of carbonyl (C=O) groups excluding carboxylic acids is 1. The summed E-state index contributed by atoms with van der Waals surface area (Å²) in [5.74, 6) is -1.40. The molecule has 0 amide bonds. The van der Waals surface area contributed by atoms with Gasteiger partial charge in [-0.25, -0.2) is 4.39 Å². The summed E-state index contributed by atoms with van der Waals surface area (Å²) in [6.07, 6.45) is -6.15. The van der Waals surface area contributed by atoms with Crippen LogP contribution in [0.15, 0.2) is 0 Å². The fourth-order valence-corrected chi connectivity index (χ4v) is 3.18. The van der Waals surface area contributed by atoms with Gasteiger partial charge in [-0.2, -0.15) is 13.2 Å². The van der Waals surface area contributed by atoms with E-state index in [2.05, 4.69) is 15.9 Å². The highest BCUT2D eigenvalue weighted by Crippen LogP contribution is 2.45. The van der Waals surface area contributed by atoms with Gasteiger partial charge in [-0.05, 0) is 22.4 Å². The van der Waals surface area contributed by atoms with E-state index in [-0.39, 0.29) is 6.42 Å². The van der Waals surface area contributed by atoms with Crippen molar-refractivity contribution in [3.05, 3.63) is 0 Å². The fraction of sp³-hybridized carbons (Fsp3) is 0.889. The number of hydrogen-bond donors (Lipinski definition) is 0. The van der Waals surface area contributed by atoms with Gasteiger partial charge in [0.25, 0.3) is 4.58 Å². The first-order chi connectivity index (χ1) is 7.29. The summed E-state index contributed by atoms with van der Waals surface area (Å²) in [6, 6.07) is 0. The van der Waals surface area contributed by atoms with Crippen LogP contribution in [0.4, 0.5) is 17.6 Å². The maximum absolute atomic E-state index is 13.2. The molecule has 2 atom stereocenters. The van der Waals surface area contributed by atoms with Crippen molar-refractivity contribution >= 4 is 37.8 Å². The van der Waals surface area contributed by atoms with E-state index in [9.17, 15) is 27.5 Å². The monoisotopic (exact) mass is 385 g/mol. The molecule has 0 fully saturated rings. The molecule has 0 aliphatic carbocycles. The first-order valence-corrected chi connectivity index (χ1v) is 6.30. The van der Waals surface area contributed by atoms with Crippen molar-refractivity contribution in [3.8, 4) is 0 Å². The van der Waals surface area contributed by atoms with Gasteiger partial charge in [0.1, 0.15) is 0 Å². The van der Waals surface area contributed by atoms with Crippen molar-refractivity contribution in [2.45, 2.75) is 42.3 Å². The Balaban J connectivity index is 4.58. The molecule has 0 saturated carbocycles.